The molecule has 0 saturated carbocycles. The number of nitrogen functional groups attached to an aromatic ring is 1. The molecule has 1 heterocycles. The zero-order chi connectivity index (χ0) is 19.3. The second-order valence-corrected chi connectivity index (χ2v) is 7.09. The molecule has 0 unspecified atom stereocenters. The molecule has 0 bridgehead atoms. The van der Waals surface area contributed by atoms with Gasteiger partial charge in [0.1, 0.15) is 0 Å². The van der Waals surface area contributed by atoms with Crippen molar-refractivity contribution in [1.82, 2.24) is 9.55 Å². The van der Waals surface area contributed by atoms with Gasteiger partial charge in [0, 0.05) is 22.6 Å². The Bertz CT molecular complexity index is 1060. The van der Waals surface area contributed by atoms with Crippen LogP contribution in [-0.2, 0) is 13.1 Å². The molecule has 4 rings (SSSR count). The summed E-state index contributed by atoms with van der Waals surface area (Å²) >= 11 is 5.94. The third-order valence-electron chi connectivity index (χ3n) is 4.71. The molecule has 0 atom stereocenters. The molecule has 3 N–H and O–H groups in total. The molecule has 0 aliphatic carbocycles. The largest absolute Gasteiger partial charge is 0.398 e. The van der Waals surface area contributed by atoms with Gasteiger partial charge in [0.05, 0.1) is 25.1 Å². The number of hydrogen-bond acceptors (Lipinski definition) is 3. The van der Waals surface area contributed by atoms with Gasteiger partial charge in [-0.25, -0.2) is 4.98 Å². The average Bonchev–Trinajstić information content (AvgIpc) is 3.17. The zero-order valence-corrected chi connectivity index (χ0v) is 16.1. The number of aromatic nitrogens is 2. The second kappa shape index (κ2) is 8.19. The Morgan fingerprint density at radius 3 is 2.46 bits per heavy atom. The van der Waals surface area contributed by atoms with Crippen LogP contribution in [0.25, 0.3) is 11.1 Å². The number of nitrogens with two attached hydrogens (primary N) is 1. The van der Waals surface area contributed by atoms with Gasteiger partial charge in [-0.3, -0.25) is 0 Å². The third-order valence-corrected chi connectivity index (χ3v) is 4.96. The molecule has 140 valence electrons. The number of anilines is 2. The van der Waals surface area contributed by atoms with E-state index in [2.05, 4.69) is 39.1 Å². The summed E-state index contributed by atoms with van der Waals surface area (Å²) in [5.74, 6) is 0. The number of hydrogen-bond donors (Lipinski definition) is 2. The van der Waals surface area contributed by atoms with Gasteiger partial charge in [-0.05, 0) is 47.0 Å². The summed E-state index contributed by atoms with van der Waals surface area (Å²) in [7, 11) is 0. The summed E-state index contributed by atoms with van der Waals surface area (Å²) in [6.07, 6.45) is 3.71. The first-order valence-corrected chi connectivity index (χ1v) is 9.49. The van der Waals surface area contributed by atoms with Crippen LogP contribution in [0.5, 0.6) is 0 Å². The van der Waals surface area contributed by atoms with Crippen molar-refractivity contribution in [1.29, 1.82) is 0 Å². The molecule has 5 heteroatoms. The number of benzene rings is 3. The van der Waals surface area contributed by atoms with Crippen LogP contribution in [0.15, 0.2) is 85.3 Å². The van der Waals surface area contributed by atoms with E-state index in [1.807, 2.05) is 61.1 Å². The molecule has 0 saturated heterocycles. The second-order valence-electron chi connectivity index (χ2n) is 6.65. The lowest BCUT2D eigenvalue weighted by Crippen LogP contribution is -2.09. The standard InChI is InChI=1S/C23H21ClN4/c24-20-8-10-21(11-9-20)27-14-22-13-26-16-28(22)15-19-7-6-18(12-23(19)25)17-4-2-1-3-5-17/h1-13,16,27H,14-15,25H2. The molecular weight excluding hydrogens is 368 g/mol. The predicted octanol–water partition coefficient (Wildman–Crippen LogP) is 5.45. The first kappa shape index (κ1) is 18.1. The Hall–Kier alpha value is -3.24. The van der Waals surface area contributed by atoms with Crippen molar-refractivity contribution in [3.8, 4) is 11.1 Å². The monoisotopic (exact) mass is 388 g/mol. The highest BCUT2D eigenvalue weighted by atomic mass is 35.5. The van der Waals surface area contributed by atoms with Crippen LogP contribution in [0.3, 0.4) is 0 Å². The summed E-state index contributed by atoms with van der Waals surface area (Å²) in [4.78, 5) is 4.30. The summed E-state index contributed by atoms with van der Waals surface area (Å²) in [6.45, 7) is 1.35. The number of imidazole rings is 1. The summed E-state index contributed by atoms with van der Waals surface area (Å²) in [5.41, 5.74) is 12.6. The topological polar surface area (TPSA) is 55.9 Å². The minimum atomic E-state index is 0.670. The van der Waals surface area contributed by atoms with Gasteiger partial charge in [0.15, 0.2) is 0 Å². The molecule has 0 radical (unpaired) electrons. The highest BCUT2D eigenvalue weighted by Gasteiger charge is 2.07. The van der Waals surface area contributed by atoms with E-state index in [9.17, 15) is 0 Å². The van der Waals surface area contributed by atoms with Crippen LogP contribution in [-0.4, -0.2) is 9.55 Å². The predicted molar refractivity (Wildman–Crippen MR) is 116 cm³/mol. The molecule has 28 heavy (non-hydrogen) atoms. The Labute approximate surface area is 169 Å². The molecule has 0 aliphatic rings. The normalized spacial score (nSPS) is 10.8. The molecule has 4 aromatic rings. The van der Waals surface area contributed by atoms with E-state index in [0.717, 1.165) is 38.8 Å². The van der Waals surface area contributed by atoms with E-state index in [-0.39, 0.29) is 0 Å². The molecular formula is C23H21ClN4. The lowest BCUT2D eigenvalue weighted by Gasteiger charge is -2.13. The molecule has 3 aromatic carbocycles. The maximum Gasteiger partial charge on any atom is 0.0951 e. The number of rotatable bonds is 6. The van der Waals surface area contributed by atoms with Gasteiger partial charge in [-0.2, -0.15) is 0 Å². The van der Waals surface area contributed by atoms with Crippen molar-refractivity contribution >= 4 is 23.0 Å². The van der Waals surface area contributed by atoms with Crippen molar-refractivity contribution in [2.45, 2.75) is 13.1 Å². The van der Waals surface area contributed by atoms with Gasteiger partial charge in [0.2, 0.25) is 0 Å². The number of nitrogens with zero attached hydrogens (tertiary/aromatic N) is 2. The smallest absolute Gasteiger partial charge is 0.0951 e. The van der Waals surface area contributed by atoms with Crippen molar-refractivity contribution < 1.29 is 0 Å². The van der Waals surface area contributed by atoms with Crippen LogP contribution in [0.2, 0.25) is 5.02 Å². The first-order valence-electron chi connectivity index (χ1n) is 9.11. The zero-order valence-electron chi connectivity index (χ0n) is 15.3. The third kappa shape index (κ3) is 4.18. The summed E-state index contributed by atoms with van der Waals surface area (Å²) in [5, 5.41) is 4.12. The van der Waals surface area contributed by atoms with Gasteiger partial charge in [-0.1, -0.05) is 54.1 Å². The molecule has 4 nitrogen and oxygen atoms in total. The van der Waals surface area contributed by atoms with E-state index in [1.54, 1.807) is 0 Å². The van der Waals surface area contributed by atoms with Crippen molar-refractivity contribution in [2.24, 2.45) is 0 Å². The Morgan fingerprint density at radius 1 is 0.929 bits per heavy atom. The lowest BCUT2D eigenvalue weighted by atomic mass is 10.0. The highest BCUT2D eigenvalue weighted by molar-refractivity contribution is 6.30. The SMILES string of the molecule is Nc1cc(-c2ccccc2)ccc1Cn1cncc1CNc1ccc(Cl)cc1. The highest BCUT2D eigenvalue weighted by Crippen LogP contribution is 2.25. The van der Waals surface area contributed by atoms with E-state index in [4.69, 9.17) is 17.3 Å². The Balaban J connectivity index is 1.48. The van der Waals surface area contributed by atoms with Crippen LogP contribution < -0.4 is 11.1 Å². The van der Waals surface area contributed by atoms with Crippen molar-refractivity contribution in [3.63, 3.8) is 0 Å². The lowest BCUT2D eigenvalue weighted by molar-refractivity contribution is 0.751. The molecule has 0 spiro atoms. The summed E-state index contributed by atoms with van der Waals surface area (Å²) < 4.78 is 2.11. The molecule has 1 aromatic heterocycles. The fraction of sp³-hybridized carbons (Fsp3) is 0.0870. The van der Waals surface area contributed by atoms with E-state index in [0.29, 0.717) is 13.1 Å². The molecule has 0 fully saturated rings. The van der Waals surface area contributed by atoms with Crippen molar-refractivity contribution in [2.75, 3.05) is 11.1 Å². The van der Waals surface area contributed by atoms with Crippen LogP contribution in [0.4, 0.5) is 11.4 Å². The Kier molecular flexibility index (Phi) is 5.31. The Morgan fingerprint density at radius 2 is 1.71 bits per heavy atom. The van der Waals surface area contributed by atoms with Gasteiger partial charge in [-0.15, -0.1) is 0 Å². The quantitative estimate of drug-likeness (QED) is 0.432. The van der Waals surface area contributed by atoms with Gasteiger partial charge < -0.3 is 15.6 Å². The maximum absolute atomic E-state index is 6.34. The maximum atomic E-state index is 6.34. The molecule has 0 amide bonds. The van der Waals surface area contributed by atoms with Gasteiger partial charge in [0.25, 0.3) is 0 Å². The molecule has 0 aliphatic heterocycles. The average molecular weight is 389 g/mol. The fourth-order valence-electron chi connectivity index (χ4n) is 3.13. The first-order chi connectivity index (χ1) is 13.7. The van der Waals surface area contributed by atoms with Crippen LogP contribution >= 0.6 is 11.6 Å². The van der Waals surface area contributed by atoms with Crippen LogP contribution in [0.1, 0.15) is 11.3 Å². The van der Waals surface area contributed by atoms with E-state index >= 15 is 0 Å². The van der Waals surface area contributed by atoms with Crippen molar-refractivity contribution in [3.05, 3.63) is 102 Å². The van der Waals surface area contributed by atoms with E-state index < -0.39 is 0 Å². The van der Waals surface area contributed by atoms with Gasteiger partial charge >= 0.3 is 0 Å². The number of halogens is 1. The van der Waals surface area contributed by atoms with E-state index in [1.165, 1.54) is 0 Å². The fourth-order valence-corrected chi connectivity index (χ4v) is 3.26. The van der Waals surface area contributed by atoms with Crippen LogP contribution in [0, 0.1) is 0 Å². The summed E-state index contributed by atoms with van der Waals surface area (Å²) in [6, 6.07) is 24.2. The minimum absolute atomic E-state index is 0.670. The minimum Gasteiger partial charge on any atom is -0.398 e. The number of nitrogens with one attached hydrogen (secondary N) is 1.